The van der Waals surface area contributed by atoms with E-state index in [1.54, 1.807) is 11.3 Å². The van der Waals surface area contributed by atoms with Crippen molar-refractivity contribution in [1.29, 1.82) is 0 Å². The molecule has 1 unspecified atom stereocenters. The monoisotopic (exact) mass is 309 g/mol. The Morgan fingerprint density at radius 1 is 1.24 bits per heavy atom. The van der Waals surface area contributed by atoms with Crippen LogP contribution in [0.4, 0.5) is 5.00 Å². The normalized spacial score (nSPS) is 19.2. The van der Waals surface area contributed by atoms with Gasteiger partial charge in [0.15, 0.2) is 0 Å². The Balaban J connectivity index is 2.29. The van der Waals surface area contributed by atoms with Gasteiger partial charge in [-0.3, -0.25) is 0 Å². The summed E-state index contributed by atoms with van der Waals surface area (Å²) < 4.78 is 5.51. The van der Waals surface area contributed by atoms with Gasteiger partial charge in [0.2, 0.25) is 0 Å². The number of nitrogens with two attached hydrogens (primary N) is 1. The standard InChI is InChI=1S/C17H27NO2S/c1-16(2,3)10-7-8-11-12(9-10)21-14(18)13(11)15(19)20-17(4,5)6/h10H,7-9,18H2,1-6H3. The van der Waals surface area contributed by atoms with E-state index in [1.807, 2.05) is 20.8 Å². The molecule has 1 atom stereocenters. The minimum Gasteiger partial charge on any atom is -0.456 e. The molecule has 1 aliphatic carbocycles. The van der Waals surface area contributed by atoms with Crippen LogP contribution in [0, 0.1) is 11.3 Å². The Morgan fingerprint density at radius 2 is 1.86 bits per heavy atom. The highest BCUT2D eigenvalue weighted by molar-refractivity contribution is 7.16. The van der Waals surface area contributed by atoms with Gasteiger partial charge in [-0.25, -0.2) is 4.79 Å². The SMILES string of the molecule is CC(C)(C)OC(=O)c1c(N)sc2c1CCC(C(C)(C)C)C2. The van der Waals surface area contributed by atoms with Gasteiger partial charge >= 0.3 is 5.97 Å². The van der Waals surface area contributed by atoms with E-state index >= 15 is 0 Å². The first kappa shape index (κ1) is 16.3. The van der Waals surface area contributed by atoms with Crippen LogP contribution in [-0.4, -0.2) is 11.6 Å². The Kier molecular flexibility index (Phi) is 4.13. The van der Waals surface area contributed by atoms with Crippen LogP contribution < -0.4 is 5.73 Å². The predicted octanol–water partition coefficient (Wildman–Crippen LogP) is 4.44. The van der Waals surface area contributed by atoms with Gasteiger partial charge in [0, 0.05) is 4.88 Å². The van der Waals surface area contributed by atoms with Crippen molar-refractivity contribution in [2.24, 2.45) is 11.3 Å². The van der Waals surface area contributed by atoms with Crippen molar-refractivity contribution in [1.82, 2.24) is 0 Å². The maximum absolute atomic E-state index is 12.4. The van der Waals surface area contributed by atoms with E-state index in [0.717, 1.165) is 24.8 Å². The van der Waals surface area contributed by atoms with E-state index in [-0.39, 0.29) is 5.97 Å². The van der Waals surface area contributed by atoms with Gasteiger partial charge in [-0.2, -0.15) is 0 Å². The minimum absolute atomic E-state index is 0.272. The molecule has 0 radical (unpaired) electrons. The average molecular weight is 309 g/mol. The van der Waals surface area contributed by atoms with Crippen LogP contribution >= 0.6 is 11.3 Å². The van der Waals surface area contributed by atoms with E-state index in [9.17, 15) is 4.79 Å². The second-order valence-corrected chi connectivity index (χ2v) is 9.19. The number of nitrogen functional groups attached to an aromatic ring is 1. The van der Waals surface area contributed by atoms with Gasteiger partial charge in [-0.1, -0.05) is 20.8 Å². The maximum atomic E-state index is 12.4. The van der Waals surface area contributed by atoms with Crippen molar-refractivity contribution in [3.8, 4) is 0 Å². The number of carbonyl (C=O) groups is 1. The highest BCUT2D eigenvalue weighted by atomic mass is 32.1. The summed E-state index contributed by atoms with van der Waals surface area (Å²) in [6.45, 7) is 12.5. The van der Waals surface area contributed by atoms with Gasteiger partial charge in [0.05, 0.1) is 5.56 Å². The van der Waals surface area contributed by atoms with Crippen LogP contribution in [0.15, 0.2) is 0 Å². The third-order valence-electron chi connectivity index (χ3n) is 4.12. The Hall–Kier alpha value is -1.03. The van der Waals surface area contributed by atoms with Crippen LogP contribution in [-0.2, 0) is 17.6 Å². The Labute approximate surface area is 131 Å². The number of fused-ring (bicyclic) bond motifs is 1. The molecule has 3 nitrogen and oxygen atoms in total. The van der Waals surface area contributed by atoms with Gasteiger partial charge in [0.1, 0.15) is 10.6 Å². The molecule has 0 aliphatic heterocycles. The molecular weight excluding hydrogens is 282 g/mol. The molecule has 2 N–H and O–H groups in total. The van der Waals surface area contributed by atoms with Crippen molar-refractivity contribution < 1.29 is 9.53 Å². The second-order valence-electron chi connectivity index (χ2n) is 8.05. The maximum Gasteiger partial charge on any atom is 0.341 e. The third-order valence-corrected chi connectivity index (χ3v) is 5.20. The largest absolute Gasteiger partial charge is 0.456 e. The lowest BCUT2D eigenvalue weighted by atomic mass is 9.72. The topological polar surface area (TPSA) is 52.3 Å². The van der Waals surface area contributed by atoms with Crippen LogP contribution in [0.5, 0.6) is 0 Å². The summed E-state index contributed by atoms with van der Waals surface area (Å²) in [5.74, 6) is 0.376. The molecule has 1 aromatic rings. The summed E-state index contributed by atoms with van der Waals surface area (Å²) in [4.78, 5) is 13.7. The molecule has 0 aromatic carbocycles. The summed E-state index contributed by atoms with van der Waals surface area (Å²) in [5, 5.41) is 0.615. The molecule has 0 saturated heterocycles. The van der Waals surface area contributed by atoms with Crippen molar-refractivity contribution in [3.63, 3.8) is 0 Å². The fourth-order valence-corrected chi connectivity index (χ4v) is 4.09. The first-order valence-electron chi connectivity index (χ1n) is 7.62. The van der Waals surface area contributed by atoms with E-state index in [2.05, 4.69) is 20.8 Å². The van der Waals surface area contributed by atoms with E-state index in [1.165, 1.54) is 4.88 Å². The van der Waals surface area contributed by atoms with Gasteiger partial charge in [-0.05, 0) is 56.9 Å². The lowest BCUT2D eigenvalue weighted by Gasteiger charge is -2.34. The molecule has 1 heterocycles. The number of anilines is 1. The molecule has 0 bridgehead atoms. The number of hydrogen-bond donors (Lipinski definition) is 1. The first-order valence-corrected chi connectivity index (χ1v) is 8.44. The van der Waals surface area contributed by atoms with Crippen molar-refractivity contribution in [2.75, 3.05) is 5.73 Å². The molecule has 118 valence electrons. The average Bonchev–Trinajstić information content (AvgIpc) is 2.59. The molecule has 21 heavy (non-hydrogen) atoms. The number of hydrogen-bond acceptors (Lipinski definition) is 4. The second kappa shape index (κ2) is 5.31. The highest BCUT2D eigenvalue weighted by Gasteiger charge is 2.34. The van der Waals surface area contributed by atoms with E-state index in [0.29, 0.717) is 21.9 Å². The molecular formula is C17H27NO2S. The summed E-state index contributed by atoms with van der Waals surface area (Å²) in [7, 11) is 0. The van der Waals surface area contributed by atoms with Gasteiger partial charge in [0.25, 0.3) is 0 Å². The zero-order valence-electron chi connectivity index (χ0n) is 14.0. The summed E-state index contributed by atoms with van der Waals surface area (Å²) in [5.41, 5.74) is 7.68. The Bertz CT molecular complexity index is 546. The minimum atomic E-state index is -0.485. The third kappa shape index (κ3) is 3.60. The van der Waals surface area contributed by atoms with E-state index < -0.39 is 5.60 Å². The van der Waals surface area contributed by atoms with Gasteiger partial charge < -0.3 is 10.5 Å². The molecule has 0 fully saturated rings. The molecule has 4 heteroatoms. The lowest BCUT2D eigenvalue weighted by Crippen LogP contribution is -2.28. The fourth-order valence-electron chi connectivity index (χ4n) is 2.90. The fraction of sp³-hybridized carbons (Fsp3) is 0.706. The molecule has 1 aromatic heterocycles. The van der Waals surface area contributed by atoms with Crippen LogP contribution in [0.3, 0.4) is 0 Å². The number of thiophene rings is 1. The van der Waals surface area contributed by atoms with E-state index in [4.69, 9.17) is 10.5 Å². The molecule has 1 aliphatic rings. The summed E-state index contributed by atoms with van der Waals surface area (Å²) in [6.07, 6.45) is 3.07. The van der Waals surface area contributed by atoms with Crippen LogP contribution in [0.25, 0.3) is 0 Å². The molecule has 0 amide bonds. The van der Waals surface area contributed by atoms with Crippen LogP contribution in [0.2, 0.25) is 0 Å². The van der Waals surface area contributed by atoms with Crippen molar-refractivity contribution >= 4 is 22.3 Å². The summed E-state index contributed by atoms with van der Waals surface area (Å²) >= 11 is 1.57. The number of ether oxygens (including phenoxy) is 1. The van der Waals surface area contributed by atoms with Crippen molar-refractivity contribution in [2.45, 2.75) is 66.4 Å². The molecule has 0 saturated carbocycles. The number of carbonyl (C=O) groups excluding carboxylic acids is 1. The highest BCUT2D eigenvalue weighted by Crippen LogP contribution is 2.43. The molecule has 2 rings (SSSR count). The number of esters is 1. The summed E-state index contributed by atoms with van der Waals surface area (Å²) in [6, 6.07) is 0. The van der Waals surface area contributed by atoms with Crippen molar-refractivity contribution in [3.05, 3.63) is 16.0 Å². The number of rotatable bonds is 1. The Morgan fingerprint density at radius 3 is 2.38 bits per heavy atom. The quantitative estimate of drug-likeness (QED) is 0.780. The smallest absolute Gasteiger partial charge is 0.341 e. The van der Waals surface area contributed by atoms with Gasteiger partial charge in [-0.15, -0.1) is 11.3 Å². The zero-order valence-corrected chi connectivity index (χ0v) is 14.8. The first-order chi connectivity index (χ1) is 9.49. The predicted molar refractivity (Wildman–Crippen MR) is 88.9 cm³/mol. The van der Waals surface area contributed by atoms with Crippen LogP contribution in [0.1, 0.15) is 68.8 Å². The zero-order chi connectivity index (χ0) is 16.0. The lowest BCUT2D eigenvalue weighted by molar-refractivity contribution is 0.00697. The molecule has 0 spiro atoms.